The van der Waals surface area contributed by atoms with E-state index >= 15 is 0 Å². The van der Waals surface area contributed by atoms with Crippen LogP contribution < -0.4 is 10.1 Å². The fraction of sp³-hybridized carbons (Fsp3) is 0.769. The van der Waals surface area contributed by atoms with Gasteiger partial charge in [0.15, 0.2) is 5.75 Å². The van der Waals surface area contributed by atoms with Crippen LogP contribution in [0.2, 0.25) is 0 Å². The third kappa shape index (κ3) is 5.22. The van der Waals surface area contributed by atoms with E-state index in [0.29, 0.717) is 12.6 Å². The van der Waals surface area contributed by atoms with Gasteiger partial charge in [-0.15, -0.1) is 0 Å². The van der Waals surface area contributed by atoms with E-state index in [9.17, 15) is 0 Å². The number of rotatable bonds is 6. The summed E-state index contributed by atoms with van der Waals surface area (Å²) in [6, 6.07) is 0.388. The zero-order chi connectivity index (χ0) is 12.9. The highest BCUT2D eigenvalue weighted by Crippen LogP contribution is 2.15. The summed E-state index contributed by atoms with van der Waals surface area (Å²) in [5.74, 6) is 0.850. The average molecular weight is 239 g/mol. The molecule has 1 rings (SSSR count). The summed E-state index contributed by atoms with van der Waals surface area (Å²) in [5, 5.41) is 7.80. The molecule has 1 aromatic rings. The highest BCUT2D eigenvalue weighted by Gasteiger charge is 2.11. The van der Waals surface area contributed by atoms with Gasteiger partial charge in [0, 0.05) is 5.54 Å². The van der Waals surface area contributed by atoms with Gasteiger partial charge in [-0.1, -0.05) is 0 Å². The summed E-state index contributed by atoms with van der Waals surface area (Å²) in [7, 11) is 0. The highest BCUT2D eigenvalue weighted by molar-refractivity contribution is 5.11. The Morgan fingerprint density at radius 2 is 2.18 bits per heavy atom. The van der Waals surface area contributed by atoms with Crippen molar-refractivity contribution in [3.05, 3.63) is 12.4 Å². The van der Waals surface area contributed by atoms with E-state index in [1.807, 2.05) is 17.8 Å². The zero-order valence-corrected chi connectivity index (χ0v) is 11.7. The van der Waals surface area contributed by atoms with Crippen molar-refractivity contribution in [3.63, 3.8) is 0 Å². The van der Waals surface area contributed by atoms with Gasteiger partial charge in [0.2, 0.25) is 0 Å². The first-order valence-corrected chi connectivity index (χ1v) is 6.34. The van der Waals surface area contributed by atoms with E-state index in [1.165, 1.54) is 0 Å². The van der Waals surface area contributed by atoms with E-state index in [4.69, 9.17) is 4.74 Å². The average Bonchev–Trinajstić information content (AvgIpc) is 2.65. The quantitative estimate of drug-likeness (QED) is 0.829. The Balaban J connectivity index is 2.38. The van der Waals surface area contributed by atoms with Crippen LogP contribution in [0.25, 0.3) is 0 Å². The van der Waals surface area contributed by atoms with Gasteiger partial charge in [0.1, 0.15) is 0 Å². The van der Waals surface area contributed by atoms with Crippen molar-refractivity contribution < 1.29 is 4.74 Å². The minimum absolute atomic E-state index is 0.181. The first-order valence-electron chi connectivity index (χ1n) is 6.34. The topological polar surface area (TPSA) is 39.1 Å². The maximum absolute atomic E-state index is 5.40. The molecule has 0 amide bonds. The van der Waals surface area contributed by atoms with Gasteiger partial charge in [0.05, 0.1) is 25.0 Å². The molecule has 0 aromatic carbocycles. The summed E-state index contributed by atoms with van der Waals surface area (Å²) in [6.45, 7) is 12.4. The van der Waals surface area contributed by atoms with Crippen LogP contribution in [0.4, 0.5) is 0 Å². The minimum Gasteiger partial charge on any atom is -0.491 e. The van der Waals surface area contributed by atoms with E-state index in [1.54, 1.807) is 6.20 Å². The molecule has 0 radical (unpaired) electrons. The second-order valence-corrected chi connectivity index (χ2v) is 5.40. The molecule has 0 saturated heterocycles. The Morgan fingerprint density at radius 3 is 2.76 bits per heavy atom. The molecule has 1 heterocycles. The standard InChI is InChI=1S/C13H25N3O/c1-6-17-12-9-15-16(10-12)11(2)7-8-14-13(3,4)5/h9-11,14H,6-8H2,1-5H3. The maximum Gasteiger partial charge on any atom is 0.157 e. The normalized spacial score (nSPS) is 13.7. The van der Waals surface area contributed by atoms with Crippen LogP contribution >= 0.6 is 0 Å². The predicted octanol–water partition coefficient (Wildman–Crippen LogP) is 2.62. The summed E-state index contributed by atoms with van der Waals surface area (Å²) in [5.41, 5.74) is 0.181. The molecular formula is C13H25N3O. The second kappa shape index (κ2) is 6.05. The summed E-state index contributed by atoms with van der Waals surface area (Å²) in [6.07, 6.45) is 4.80. The van der Waals surface area contributed by atoms with Crippen molar-refractivity contribution >= 4 is 0 Å². The fourth-order valence-corrected chi connectivity index (χ4v) is 1.59. The van der Waals surface area contributed by atoms with Crippen LogP contribution in [0, 0.1) is 0 Å². The largest absolute Gasteiger partial charge is 0.491 e. The molecule has 1 N–H and O–H groups in total. The Bertz CT molecular complexity index is 328. The van der Waals surface area contributed by atoms with Crippen LogP contribution in [-0.4, -0.2) is 28.5 Å². The van der Waals surface area contributed by atoms with E-state index < -0.39 is 0 Å². The SMILES string of the molecule is CCOc1cnn(C(C)CCNC(C)(C)C)c1. The monoisotopic (exact) mass is 239 g/mol. The van der Waals surface area contributed by atoms with Gasteiger partial charge in [-0.05, 0) is 47.6 Å². The third-order valence-corrected chi connectivity index (χ3v) is 2.56. The van der Waals surface area contributed by atoms with Crippen LogP contribution in [0.15, 0.2) is 12.4 Å². The molecule has 17 heavy (non-hydrogen) atoms. The Morgan fingerprint density at radius 1 is 1.47 bits per heavy atom. The maximum atomic E-state index is 5.40. The van der Waals surface area contributed by atoms with Gasteiger partial charge in [-0.2, -0.15) is 5.10 Å². The van der Waals surface area contributed by atoms with Gasteiger partial charge < -0.3 is 10.1 Å². The van der Waals surface area contributed by atoms with Gasteiger partial charge in [-0.3, -0.25) is 4.68 Å². The molecule has 4 heteroatoms. The van der Waals surface area contributed by atoms with E-state index in [0.717, 1.165) is 18.7 Å². The Labute approximate surface area is 104 Å². The minimum atomic E-state index is 0.181. The van der Waals surface area contributed by atoms with E-state index in [-0.39, 0.29) is 5.54 Å². The number of hydrogen-bond donors (Lipinski definition) is 1. The lowest BCUT2D eigenvalue weighted by atomic mass is 10.1. The Hall–Kier alpha value is -1.03. The third-order valence-electron chi connectivity index (χ3n) is 2.56. The van der Waals surface area contributed by atoms with Crippen molar-refractivity contribution in [2.45, 2.75) is 52.6 Å². The van der Waals surface area contributed by atoms with Crippen LogP contribution in [0.1, 0.15) is 47.1 Å². The van der Waals surface area contributed by atoms with Gasteiger partial charge >= 0.3 is 0 Å². The fourth-order valence-electron chi connectivity index (χ4n) is 1.59. The number of aromatic nitrogens is 2. The summed E-state index contributed by atoms with van der Waals surface area (Å²) < 4.78 is 7.36. The number of nitrogens with zero attached hydrogens (tertiary/aromatic N) is 2. The lowest BCUT2D eigenvalue weighted by Gasteiger charge is -2.22. The molecular weight excluding hydrogens is 214 g/mol. The molecule has 4 nitrogen and oxygen atoms in total. The van der Waals surface area contributed by atoms with Crippen molar-refractivity contribution in [2.75, 3.05) is 13.2 Å². The van der Waals surface area contributed by atoms with Crippen LogP contribution in [-0.2, 0) is 0 Å². The first-order chi connectivity index (χ1) is 7.92. The molecule has 0 spiro atoms. The van der Waals surface area contributed by atoms with Crippen molar-refractivity contribution in [1.29, 1.82) is 0 Å². The molecule has 1 aromatic heterocycles. The predicted molar refractivity (Wildman–Crippen MR) is 70.5 cm³/mol. The molecule has 1 unspecified atom stereocenters. The number of ether oxygens (including phenoxy) is 1. The van der Waals surface area contributed by atoms with Gasteiger partial charge in [-0.25, -0.2) is 0 Å². The van der Waals surface area contributed by atoms with Crippen molar-refractivity contribution in [2.24, 2.45) is 0 Å². The number of nitrogens with one attached hydrogen (secondary N) is 1. The van der Waals surface area contributed by atoms with Crippen molar-refractivity contribution in [1.82, 2.24) is 15.1 Å². The lowest BCUT2D eigenvalue weighted by Crippen LogP contribution is -2.37. The van der Waals surface area contributed by atoms with Crippen LogP contribution in [0.5, 0.6) is 5.75 Å². The second-order valence-electron chi connectivity index (χ2n) is 5.40. The van der Waals surface area contributed by atoms with Gasteiger partial charge in [0.25, 0.3) is 0 Å². The van der Waals surface area contributed by atoms with E-state index in [2.05, 4.69) is 38.1 Å². The molecule has 98 valence electrons. The Kier molecular flexibility index (Phi) is 5.00. The lowest BCUT2D eigenvalue weighted by molar-refractivity contribution is 0.338. The molecule has 0 aliphatic carbocycles. The summed E-state index contributed by atoms with van der Waals surface area (Å²) in [4.78, 5) is 0. The zero-order valence-electron chi connectivity index (χ0n) is 11.7. The molecule has 0 saturated carbocycles. The molecule has 0 bridgehead atoms. The van der Waals surface area contributed by atoms with Crippen LogP contribution in [0.3, 0.4) is 0 Å². The summed E-state index contributed by atoms with van der Waals surface area (Å²) >= 11 is 0. The smallest absolute Gasteiger partial charge is 0.157 e. The molecule has 1 atom stereocenters. The van der Waals surface area contributed by atoms with Crippen molar-refractivity contribution in [3.8, 4) is 5.75 Å². The number of hydrogen-bond acceptors (Lipinski definition) is 3. The molecule has 0 aliphatic rings. The molecule has 0 aliphatic heterocycles. The molecule has 0 fully saturated rings. The first kappa shape index (κ1) is 14.0. The highest BCUT2D eigenvalue weighted by atomic mass is 16.5.